The number of carbonyl (C=O) groups excluding carboxylic acids is 1. The Morgan fingerprint density at radius 2 is 2.44 bits per heavy atom. The fraction of sp³-hybridized carbons (Fsp3) is 0.200. The van der Waals surface area contributed by atoms with Crippen LogP contribution in [0.4, 0.5) is 0 Å². The van der Waals surface area contributed by atoms with Crippen LogP contribution >= 0.6 is 0 Å². The van der Waals surface area contributed by atoms with E-state index in [1.165, 1.54) is 0 Å². The van der Waals surface area contributed by atoms with Gasteiger partial charge in [-0.15, -0.1) is 0 Å². The molecule has 0 radical (unpaired) electrons. The first-order valence-corrected chi connectivity index (χ1v) is 2.33. The summed E-state index contributed by atoms with van der Waals surface area (Å²) in [5, 5.41) is 10.8. The first-order valence-electron chi connectivity index (χ1n) is 2.33. The largest absolute Gasteiger partial charge is 0.456 e. The maximum atomic E-state index is 10.4. The third-order valence-corrected chi connectivity index (χ3v) is 1.01. The van der Waals surface area contributed by atoms with Crippen LogP contribution < -0.4 is 0 Å². The van der Waals surface area contributed by atoms with E-state index in [-0.39, 0.29) is 12.3 Å². The van der Waals surface area contributed by atoms with E-state index in [0.717, 1.165) is 0 Å². The number of ether oxygens (including phenoxy) is 1. The molecule has 48 valence electrons. The summed E-state index contributed by atoms with van der Waals surface area (Å²) in [4.78, 5) is 10.4. The van der Waals surface area contributed by atoms with Crippen LogP contribution in [0.5, 0.6) is 0 Å². The van der Waals surface area contributed by atoms with Crippen molar-refractivity contribution in [2.75, 3.05) is 6.61 Å². The monoisotopic (exact) mass is 127 g/mol. The average molecular weight is 127 g/mol. The molecule has 0 atom stereocenters. The molecule has 1 fully saturated rings. The molecule has 0 aromatic carbocycles. The molecule has 0 spiro atoms. The van der Waals surface area contributed by atoms with Gasteiger partial charge in [0.1, 0.15) is 6.61 Å². The minimum atomic E-state index is -0.609. The number of esters is 1. The summed E-state index contributed by atoms with van der Waals surface area (Å²) in [6, 6.07) is 0. The molecule has 1 aliphatic rings. The Morgan fingerprint density at radius 1 is 1.78 bits per heavy atom. The number of oxime groups is 1. The molecule has 1 aliphatic heterocycles. The molecule has 1 N–H and O–H groups in total. The van der Waals surface area contributed by atoms with E-state index >= 15 is 0 Å². The minimum absolute atomic E-state index is 0.0741. The van der Waals surface area contributed by atoms with Gasteiger partial charge in [-0.3, -0.25) is 0 Å². The van der Waals surface area contributed by atoms with Gasteiger partial charge in [0.05, 0.1) is 0 Å². The van der Waals surface area contributed by atoms with E-state index in [1.54, 1.807) is 0 Å². The Labute approximate surface area is 51.4 Å². The lowest BCUT2D eigenvalue weighted by atomic mass is 10.2. The van der Waals surface area contributed by atoms with Crippen LogP contribution in [0.2, 0.25) is 0 Å². The molecular weight excluding hydrogens is 122 g/mol. The Kier molecular flexibility index (Phi) is 1.22. The zero-order valence-electron chi connectivity index (χ0n) is 4.63. The van der Waals surface area contributed by atoms with Crippen LogP contribution in [0.3, 0.4) is 0 Å². The SMILES string of the molecule is C=C1COC(=O)C1=NO. The standard InChI is InChI=1S/C5H5NO3/c1-3-2-9-5(7)4(3)6-8/h8H,1-2H2. The number of carbonyl (C=O) groups is 1. The van der Waals surface area contributed by atoms with Gasteiger partial charge < -0.3 is 9.94 Å². The van der Waals surface area contributed by atoms with Crippen molar-refractivity contribution in [1.29, 1.82) is 0 Å². The predicted molar refractivity (Wildman–Crippen MR) is 29.3 cm³/mol. The summed E-state index contributed by atoms with van der Waals surface area (Å²) in [6.07, 6.45) is 0. The second-order valence-corrected chi connectivity index (χ2v) is 1.63. The minimum Gasteiger partial charge on any atom is -0.456 e. The summed E-state index contributed by atoms with van der Waals surface area (Å²) >= 11 is 0. The van der Waals surface area contributed by atoms with Crippen molar-refractivity contribution in [3.63, 3.8) is 0 Å². The summed E-state index contributed by atoms with van der Waals surface area (Å²) in [7, 11) is 0. The van der Waals surface area contributed by atoms with Gasteiger partial charge in [0, 0.05) is 5.57 Å². The van der Waals surface area contributed by atoms with Gasteiger partial charge in [0.15, 0.2) is 5.71 Å². The number of cyclic esters (lactones) is 1. The second-order valence-electron chi connectivity index (χ2n) is 1.63. The normalized spacial score (nSPS) is 22.9. The molecule has 1 heterocycles. The fourth-order valence-electron chi connectivity index (χ4n) is 0.545. The van der Waals surface area contributed by atoms with Gasteiger partial charge >= 0.3 is 5.97 Å². The van der Waals surface area contributed by atoms with Crippen LogP contribution in [0.1, 0.15) is 0 Å². The van der Waals surface area contributed by atoms with Crippen LogP contribution in [-0.2, 0) is 9.53 Å². The molecule has 0 aromatic rings. The highest BCUT2D eigenvalue weighted by Gasteiger charge is 2.25. The molecule has 1 rings (SSSR count). The number of rotatable bonds is 0. The summed E-state index contributed by atoms with van der Waals surface area (Å²) < 4.78 is 4.44. The van der Waals surface area contributed by atoms with E-state index < -0.39 is 5.97 Å². The Hall–Kier alpha value is -1.32. The van der Waals surface area contributed by atoms with Crippen molar-refractivity contribution >= 4 is 11.7 Å². The summed E-state index contributed by atoms with van der Waals surface area (Å²) in [5.41, 5.74) is 0.345. The lowest BCUT2D eigenvalue weighted by molar-refractivity contribution is -0.132. The maximum absolute atomic E-state index is 10.4. The first-order chi connectivity index (χ1) is 4.25. The Balaban J connectivity index is 2.91. The molecule has 0 aliphatic carbocycles. The van der Waals surface area contributed by atoms with Crippen molar-refractivity contribution in [3.05, 3.63) is 12.2 Å². The van der Waals surface area contributed by atoms with Gasteiger partial charge in [-0.1, -0.05) is 11.7 Å². The molecule has 0 aromatic heterocycles. The third-order valence-electron chi connectivity index (χ3n) is 1.01. The molecule has 0 unspecified atom stereocenters. The highest BCUT2D eigenvalue weighted by Crippen LogP contribution is 2.06. The van der Waals surface area contributed by atoms with Crippen LogP contribution in [0.15, 0.2) is 17.3 Å². The smallest absolute Gasteiger partial charge is 0.361 e. The van der Waals surface area contributed by atoms with Gasteiger partial charge in [-0.25, -0.2) is 4.79 Å². The zero-order valence-corrected chi connectivity index (χ0v) is 4.63. The van der Waals surface area contributed by atoms with Crippen molar-refractivity contribution in [2.24, 2.45) is 5.16 Å². The van der Waals surface area contributed by atoms with E-state index in [0.29, 0.717) is 5.57 Å². The number of hydrogen-bond donors (Lipinski definition) is 1. The van der Waals surface area contributed by atoms with Crippen molar-refractivity contribution in [2.45, 2.75) is 0 Å². The predicted octanol–water partition coefficient (Wildman–Crippen LogP) is -0.0704. The summed E-state index contributed by atoms with van der Waals surface area (Å²) in [5.74, 6) is -0.609. The molecule has 0 amide bonds. The van der Waals surface area contributed by atoms with Crippen molar-refractivity contribution in [3.8, 4) is 0 Å². The Morgan fingerprint density at radius 3 is 2.67 bits per heavy atom. The van der Waals surface area contributed by atoms with E-state index in [9.17, 15) is 4.79 Å². The highest BCUT2D eigenvalue weighted by molar-refractivity contribution is 6.44. The van der Waals surface area contributed by atoms with Crippen LogP contribution in [0, 0.1) is 0 Å². The summed E-state index contributed by atoms with van der Waals surface area (Å²) in [6.45, 7) is 3.56. The van der Waals surface area contributed by atoms with Gasteiger partial charge in [0.2, 0.25) is 0 Å². The maximum Gasteiger partial charge on any atom is 0.361 e. The molecule has 9 heavy (non-hydrogen) atoms. The van der Waals surface area contributed by atoms with Gasteiger partial charge in [-0.05, 0) is 0 Å². The molecule has 0 saturated carbocycles. The molecule has 4 heteroatoms. The zero-order chi connectivity index (χ0) is 6.85. The lowest BCUT2D eigenvalue weighted by Gasteiger charge is -1.82. The molecule has 0 bridgehead atoms. The number of hydrogen-bond acceptors (Lipinski definition) is 4. The molecule has 1 saturated heterocycles. The Bertz CT molecular complexity index is 176. The fourth-order valence-corrected chi connectivity index (χ4v) is 0.545. The van der Waals surface area contributed by atoms with E-state index in [1.807, 2.05) is 0 Å². The molecule has 4 nitrogen and oxygen atoms in total. The second kappa shape index (κ2) is 1.89. The molecular formula is C5H5NO3. The van der Waals surface area contributed by atoms with Crippen LogP contribution in [-0.4, -0.2) is 23.5 Å². The first kappa shape index (κ1) is 5.81. The van der Waals surface area contributed by atoms with E-state index in [4.69, 9.17) is 5.21 Å². The van der Waals surface area contributed by atoms with Crippen molar-refractivity contribution < 1.29 is 14.7 Å². The van der Waals surface area contributed by atoms with Gasteiger partial charge in [0.25, 0.3) is 0 Å². The topological polar surface area (TPSA) is 58.9 Å². The number of nitrogens with zero attached hydrogens (tertiary/aromatic N) is 1. The van der Waals surface area contributed by atoms with Crippen LogP contribution in [0.25, 0.3) is 0 Å². The van der Waals surface area contributed by atoms with Crippen molar-refractivity contribution in [1.82, 2.24) is 0 Å². The van der Waals surface area contributed by atoms with Gasteiger partial charge in [-0.2, -0.15) is 0 Å². The lowest BCUT2D eigenvalue weighted by Crippen LogP contribution is -2.06. The van der Waals surface area contributed by atoms with E-state index in [2.05, 4.69) is 16.5 Å². The average Bonchev–Trinajstić information content (AvgIpc) is 2.12. The third kappa shape index (κ3) is 0.782. The highest BCUT2D eigenvalue weighted by atomic mass is 16.5. The quantitative estimate of drug-likeness (QED) is 0.281.